The molecule has 1 heterocycles. The van der Waals surface area contributed by atoms with Gasteiger partial charge in [0, 0.05) is 19.2 Å². The van der Waals surface area contributed by atoms with Crippen LogP contribution < -0.4 is 11.1 Å². The van der Waals surface area contributed by atoms with Gasteiger partial charge in [0.2, 0.25) is 11.9 Å². The molecule has 0 aromatic carbocycles. The van der Waals surface area contributed by atoms with E-state index in [1.54, 1.807) is 11.7 Å². The van der Waals surface area contributed by atoms with Gasteiger partial charge in [-0.05, 0) is 20.8 Å². The van der Waals surface area contributed by atoms with E-state index in [9.17, 15) is 4.79 Å². The highest BCUT2D eigenvalue weighted by molar-refractivity contribution is 7.99. The van der Waals surface area contributed by atoms with Crippen molar-refractivity contribution in [3.05, 3.63) is 0 Å². The number of nitrogen functional groups attached to an aromatic ring is 1. The summed E-state index contributed by atoms with van der Waals surface area (Å²) in [4.78, 5) is 11.7. The Morgan fingerprint density at radius 2 is 2.16 bits per heavy atom. The number of nitrogens with one attached hydrogen (secondary N) is 1. The molecule has 108 valence electrons. The van der Waals surface area contributed by atoms with Crippen LogP contribution in [0.15, 0.2) is 5.16 Å². The van der Waals surface area contributed by atoms with Gasteiger partial charge in [-0.1, -0.05) is 11.8 Å². The standard InChI is InChI=1S/C11H21N5O2S/c1-7(2)16-10(12)14-15-11(16)19-6-9(17)13-8(3)5-18-4/h7-8H,5-6H2,1-4H3,(H2,12,14)(H,13,17). The molecular weight excluding hydrogens is 266 g/mol. The number of anilines is 1. The third-order valence-corrected chi connectivity index (χ3v) is 3.31. The lowest BCUT2D eigenvalue weighted by atomic mass is 10.3. The largest absolute Gasteiger partial charge is 0.383 e. The summed E-state index contributed by atoms with van der Waals surface area (Å²) in [5, 5.41) is 11.3. The minimum Gasteiger partial charge on any atom is -0.383 e. The number of hydrogen-bond donors (Lipinski definition) is 2. The average Bonchev–Trinajstić information content (AvgIpc) is 2.68. The Labute approximate surface area is 117 Å². The Morgan fingerprint density at radius 3 is 2.74 bits per heavy atom. The van der Waals surface area contributed by atoms with E-state index in [-0.39, 0.29) is 23.7 Å². The molecule has 0 aliphatic carbocycles. The molecule has 1 atom stereocenters. The Balaban J connectivity index is 2.51. The van der Waals surface area contributed by atoms with Gasteiger partial charge < -0.3 is 15.8 Å². The number of methoxy groups -OCH3 is 1. The first-order valence-corrected chi connectivity index (χ1v) is 7.05. The van der Waals surface area contributed by atoms with Gasteiger partial charge in [-0.15, -0.1) is 10.2 Å². The SMILES string of the molecule is COCC(C)NC(=O)CSc1nnc(N)n1C(C)C. The van der Waals surface area contributed by atoms with Crippen LogP contribution >= 0.6 is 11.8 Å². The van der Waals surface area contributed by atoms with Crippen LogP contribution in [0.1, 0.15) is 26.8 Å². The molecule has 0 radical (unpaired) electrons. The van der Waals surface area contributed by atoms with Crippen molar-refractivity contribution in [1.82, 2.24) is 20.1 Å². The fourth-order valence-electron chi connectivity index (χ4n) is 1.61. The molecule has 1 amide bonds. The molecular formula is C11H21N5O2S. The Kier molecular flexibility index (Phi) is 6.10. The first-order valence-electron chi connectivity index (χ1n) is 6.07. The number of amides is 1. The highest BCUT2D eigenvalue weighted by Gasteiger charge is 2.15. The van der Waals surface area contributed by atoms with E-state index in [2.05, 4.69) is 15.5 Å². The smallest absolute Gasteiger partial charge is 0.230 e. The molecule has 1 unspecified atom stereocenters. The predicted molar refractivity (Wildman–Crippen MR) is 75.0 cm³/mol. The van der Waals surface area contributed by atoms with Gasteiger partial charge in [-0.25, -0.2) is 0 Å². The minimum absolute atomic E-state index is 0.00821. The summed E-state index contributed by atoms with van der Waals surface area (Å²) >= 11 is 1.32. The number of rotatable bonds is 7. The monoisotopic (exact) mass is 287 g/mol. The maximum Gasteiger partial charge on any atom is 0.230 e. The van der Waals surface area contributed by atoms with Crippen LogP contribution in [-0.4, -0.2) is 46.2 Å². The average molecular weight is 287 g/mol. The van der Waals surface area contributed by atoms with Crippen LogP contribution in [0.25, 0.3) is 0 Å². The maximum absolute atomic E-state index is 11.7. The predicted octanol–water partition coefficient (Wildman–Crippen LogP) is 0.684. The van der Waals surface area contributed by atoms with Crippen LogP contribution in [0.5, 0.6) is 0 Å². The third-order valence-electron chi connectivity index (χ3n) is 2.36. The molecule has 0 fully saturated rings. The minimum atomic E-state index is -0.0635. The highest BCUT2D eigenvalue weighted by Crippen LogP contribution is 2.22. The lowest BCUT2D eigenvalue weighted by Gasteiger charge is -2.13. The molecule has 0 aliphatic rings. The second-order valence-corrected chi connectivity index (χ2v) is 5.46. The summed E-state index contributed by atoms with van der Waals surface area (Å²) in [7, 11) is 1.60. The number of carbonyl (C=O) groups excluding carboxylic acids is 1. The molecule has 0 saturated heterocycles. The molecule has 0 saturated carbocycles. The molecule has 0 bridgehead atoms. The Hall–Kier alpha value is -1.28. The van der Waals surface area contributed by atoms with E-state index in [0.29, 0.717) is 17.7 Å². The third kappa shape index (κ3) is 4.71. The lowest BCUT2D eigenvalue weighted by molar-refractivity contribution is -0.119. The number of aromatic nitrogens is 3. The van der Waals surface area contributed by atoms with Gasteiger partial charge in [0.15, 0.2) is 5.16 Å². The van der Waals surface area contributed by atoms with E-state index >= 15 is 0 Å². The zero-order valence-electron chi connectivity index (χ0n) is 11.7. The van der Waals surface area contributed by atoms with Gasteiger partial charge in [-0.3, -0.25) is 9.36 Å². The van der Waals surface area contributed by atoms with E-state index in [0.717, 1.165) is 0 Å². The molecule has 1 aromatic rings. The Bertz CT molecular complexity index is 421. The normalized spacial score (nSPS) is 12.7. The van der Waals surface area contributed by atoms with Crippen molar-refractivity contribution >= 4 is 23.6 Å². The second kappa shape index (κ2) is 7.34. The molecule has 8 heteroatoms. The van der Waals surface area contributed by atoms with Crippen molar-refractivity contribution in [2.45, 2.75) is 38.0 Å². The molecule has 19 heavy (non-hydrogen) atoms. The van der Waals surface area contributed by atoms with Crippen LogP contribution in [0, 0.1) is 0 Å². The zero-order valence-corrected chi connectivity index (χ0v) is 12.5. The number of carbonyl (C=O) groups is 1. The van der Waals surface area contributed by atoms with Gasteiger partial charge in [-0.2, -0.15) is 0 Å². The van der Waals surface area contributed by atoms with E-state index < -0.39 is 0 Å². The highest BCUT2D eigenvalue weighted by atomic mass is 32.2. The fourth-order valence-corrected chi connectivity index (χ4v) is 2.50. The van der Waals surface area contributed by atoms with Crippen molar-refractivity contribution in [3.63, 3.8) is 0 Å². The van der Waals surface area contributed by atoms with Gasteiger partial charge in [0.05, 0.1) is 12.4 Å². The molecule has 1 rings (SSSR count). The van der Waals surface area contributed by atoms with Crippen molar-refractivity contribution in [1.29, 1.82) is 0 Å². The zero-order chi connectivity index (χ0) is 14.4. The summed E-state index contributed by atoms with van der Waals surface area (Å²) in [6, 6.07) is 0.152. The molecule has 1 aromatic heterocycles. The van der Waals surface area contributed by atoms with Crippen LogP contribution in [0.4, 0.5) is 5.95 Å². The second-order valence-electron chi connectivity index (χ2n) is 4.52. The van der Waals surface area contributed by atoms with Crippen LogP contribution in [0.3, 0.4) is 0 Å². The van der Waals surface area contributed by atoms with Crippen molar-refractivity contribution in [3.8, 4) is 0 Å². The molecule has 7 nitrogen and oxygen atoms in total. The van der Waals surface area contributed by atoms with Crippen LogP contribution in [-0.2, 0) is 9.53 Å². The maximum atomic E-state index is 11.7. The van der Waals surface area contributed by atoms with E-state index in [4.69, 9.17) is 10.5 Å². The van der Waals surface area contributed by atoms with Gasteiger partial charge in [0.25, 0.3) is 0 Å². The molecule has 0 spiro atoms. The van der Waals surface area contributed by atoms with Gasteiger partial charge in [0.1, 0.15) is 0 Å². The van der Waals surface area contributed by atoms with Crippen molar-refractivity contribution in [2.24, 2.45) is 0 Å². The Morgan fingerprint density at radius 1 is 1.47 bits per heavy atom. The number of thioether (sulfide) groups is 1. The van der Waals surface area contributed by atoms with Crippen molar-refractivity contribution < 1.29 is 9.53 Å². The van der Waals surface area contributed by atoms with Crippen molar-refractivity contribution in [2.75, 3.05) is 25.2 Å². The lowest BCUT2D eigenvalue weighted by Crippen LogP contribution is -2.36. The summed E-state index contributed by atoms with van der Waals surface area (Å²) < 4.78 is 6.76. The number of ether oxygens (including phenoxy) is 1. The summed E-state index contributed by atoms with van der Waals surface area (Å²) in [5.74, 6) is 0.580. The van der Waals surface area contributed by atoms with Gasteiger partial charge >= 0.3 is 0 Å². The molecule has 0 aliphatic heterocycles. The molecule has 3 N–H and O–H groups in total. The van der Waals surface area contributed by atoms with E-state index in [1.165, 1.54) is 11.8 Å². The first kappa shape index (κ1) is 15.8. The van der Waals surface area contributed by atoms with Crippen LogP contribution in [0.2, 0.25) is 0 Å². The first-order chi connectivity index (χ1) is 8.95. The quantitative estimate of drug-likeness (QED) is 0.716. The summed E-state index contributed by atoms with van der Waals surface area (Å²) in [6.07, 6.45) is 0. The summed E-state index contributed by atoms with van der Waals surface area (Å²) in [5.41, 5.74) is 5.73. The number of nitrogens with two attached hydrogens (primary N) is 1. The summed E-state index contributed by atoms with van der Waals surface area (Å²) in [6.45, 7) is 6.36. The number of hydrogen-bond acceptors (Lipinski definition) is 6. The fraction of sp³-hybridized carbons (Fsp3) is 0.727. The topological polar surface area (TPSA) is 95.1 Å². The van der Waals surface area contributed by atoms with E-state index in [1.807, 2.05) is 20.8 Å². The number of nitrogens with zero attached hydrogens (tertiary/aromatic N) is 3.